The van der Waals surface area contributed by atoms with Crippen LogP contribution in [0.3, 0.4) is 0 Å². The van der Waals surface area contributed by atoms with E-state index in [0.29, 0.717) is 0 Å². The highest BCUT2D eigenvalue weighted by Gasteiger charge is 2.19. The lowest BCUT2D eigenvalue weighted by Gasteiger charge is -2.25. The second-order valence-corrected chi connectivity index (χ2v) is 5.91. The number of thiophene rings is 1. The zero-order chi connectivity index (χ0) is 12.7. The van der Waals surface area contributed by atoms with Crippen LogP contribution in [-0.4, -0.2) is 16.4 Å². The molecular weight excluding hydrogens is 256 g/mol. The summed E-state index contributed by atoms with van der Waals surface area (Å²) in [7, 11) is 0. The fourth-order valence-electron chi connectivity index (χ4n) is 2.62. The zero-order valence-corrected chi connectivity index (χ0v) is 11.3. The van der Waals surface area contributed by atoms with E-state index in [4.69, 9.17) is 4.42 Å². The SMILES string of the molecule is c1ccc2oc(CN3CCc4sccc4C3)nc2c1. The lowest BCUT2D eigenvalue weighted by molar-refractivity contribution is 0.225. The molecule has 0 N–H and O–H groups in total. The van der Waals surface area contributed by atoms with Crippen molar-refractivity contribution in [3.63, 3.8) is 0 Å². The third-order valence-corrected chi connectivity index (χ3v) is 4.61. The smallest absolute Gasteiger partial charge is 0.209 e. The number of fused-ring (bicyclic) bond motifs is 2. The number of nitrogens with zero attached hydrogens (tertiary/aromatic N) is 2. The maximum absolute atomic E-state index is 5.79. The number of rotatable bonds is 2. The van der Waals surface area contributed by atoms with E-state index in [1.54, 1.807) is 0 Å². The van der Waals surface area contributed by atoms with E-state index < -0.39 is 0 Å². The maximum atomic E-state index is 5.79. The molecule has 0 saturated carbocycles. The fourth-order valence-corrected chi connectivity index (χ4v) is 3.51. The third-order valence-electron chi connectivity index (χ3n) is 3.58. The van der Waals surface area contributed by atoms with Gasteiger partial charge in [-0.25, -0.2) is 4.98 Å². The van der Waals surface area contributed by atoms with E-state index in [1.165, 1.54) is 10.4 Å². The summed E-state index contributed by atoms with van der Waals surface area (Å²) >= 11 is 1.87. The molecule has 3 aromatic rings. The van der Waals surface area contributed by atoms with Crippen LogP contribution < -0.4 is 0 Å². The summed E-state index contributed by atoms with van der Waals surface area (Å²) < 4.78 is 5.79. The van der Waals surface area contributed by atoms with Gasteiger partial charge in [-0.05, 0) is 35.6 Å². The first-order chi connectivity index (χ1) is 9.38. The molecule has 3 nitrogen and oxygen atoms in total. The van der Waals surface area contributed by atoms with Crippen LogP contribution >= 0.6 is 11.3 Å². The fraction of sp³-hybridized carbons (Fsp3) is 0.267. The van der Waals surface area contributed by atoms with Crippen LogP contribution in [0.2, 0.25) is 0 Å². The van der Waals surface area contributed by atoms with Gasteiger partial charge < -0.3 is 4.42 Å². The molecule has 0 aliphatic carbocycles. The molecule has 0 saturated heterocycles. The van der Waals surface area contributed by atoms with Gasteiger partial charge in [0.25, 0.3) is 0 Å². The molecule has 1 aliphatic heterocycles. The molecule has 4 heteroatoms. The predicted octanol–water partition coefficient (Wildman–Crippen LogP) is 3.45. The number of hydrogen-bond donors (Lipinski definition) is 0. The molecule has 2 aromatic heterocycles. The lowest BCUT2D eigenvalue weighted by atomic mass is 10.1. The minimum absolute atomic E-state index is 0.796. The largest absolute Gasteiger partial charge is 0.439 e. The minimum atomic E-state index is 0.796. The molecule has 0 amide bonds. The van der Waals surface area contributed by atoms with Gasteiger partial charge in [0.1, 0.15) is 5.52 Å². The van der Waals surface area contributed by atoms with Gasteiger partial charge in [-0.15, -0.1) is 11.3 Å². The number of hydrogen-bond acceptors (Lipinski definition) is 4. The standard InChI is InChI=1S/C15H14N2OS/c1-2-4-13-12(3-1)16-15(18-13)10-17-7-5-14-11(9-17)6-8-19-14/h1-4,6,8H,5,7,9-10H2. The van der Waals surface area contributed by atoms with Crippen LogP contribution in [0.1, 0.15) is 16.3 Å². The van der Waals surface area contributed by atoms with Crippen LogP contribution in [0, 0.1) is 0 Å². The first kappa shape index (κ1) is 11.2. The molecule has 0 fully saturated rings. The molecule has 3 heterocycles. The van der Waals surface area contributed by atoms with Crippen molar-refractivity contribution in [3.05, 3.63) is 52.0 Å². The summed E-state index contributed by atoms with van der Waals surface area (Å²) in [6.45, 7) is 2.90. The summed E-state index contributed by atoms with van der Waals surface area (Å²) in [5.41, 5.74) is 3.30. The van der Waals surface area contributed by atoms with E-state index in [-0.39, 0.29) is 0 Å². The average Bonchev–Trinajstić information content (AvgIpc) is 3.03. The number of benzene rings is 1. The van der Waals surface area contributed by atoms with E-state index >= 15 is 0 Å². The van der Waals surface area contributed by atoms with E-state index in [2.05, 4.69) is 21.3 Å². The Kier molecular flexibility index (Phi) is 2.64. The Balaban J connectivity index is 1.55. The predicted molar refractivity (Wildman–Crippen MR) is 76.1 cm³/mol. The summed E-state index contributed by atoms with van der Waals surface area (Å²) in [5, 5.41) is 2.19. The van der Waals surface area contributed by atoms with E-state index in [9.17, 15) is 0 Å². The van der Waals surface area contributed by atoms with Gasteiger partial charge in [0, 0.05) is 18.0 Å². The molecule has 0 atom stereocenters. The van der Waals surface area contributed by atoms with Crippen molar-refractivity contribution < 1.29 is 4.42 Å². The highest BCUT2D eigenvalue weighted by molar-refractivity contribution is 7.10. The first-order valence-corrected chi connectivity index (χ1v) is 7.38. The Morgan fingerprint density at radius 3 is 3.16 bits per heavy atom. The Hall–Kier alpha value is -1.65. The van der Waals surface area contributed by atoms with Crippen molar-refractivity contribution in [1.29, 1.82) is 0 Å². The second kappa shape index (κ2) is 4.47. The molecule has 0 unspecified atom stereocenters. The van der Waals surface area contributed by atoms with Gasteiger partial charge in [-0.2, -0.15) is 0 Å². The highest BCUT2D eigenvalue weighted by Crippen LogP contribution is 2.25. The molecular formula is C15H14N2OS. The van der Waals surface area contributed by atoms with Crippen molar-refractivity contribution in [2.45, 2.75) is 19.5 Å². The normalized spacial score (nSPS) is 15.8. The molecule has 4 rings (SSSR count). The molecule has 19 heavy (non-hydrogen) atoms. The van der Waals surface area contributed by atoms with Crippen LogP contribution in [0.4, 0.5) is 0 Å². The zero-order valence-electron chi connectivity index (χ0n) is 10.5. The molecule has 0 radical (unpaired) electrons. The van der Waals surface area contributed by atoms with Crippen molar-refractivity contribution in [2.24, 2.45) is 0 Å². The van der Waals surface area contributed by atoms with Crippen LogP contribution in [0.5, 0.6) is 0 Å². The summed E-state index contributed by atoms with van der Waals surface area (Å²) in [4.78, 5) is 8.48. The number of aromatic nitrogens is 1. The van der Waals surface area contributed by atoms with Gasteiger partial charge in [-0.3, -0.25) is 4.90 Å². The molecule has 96 valence electrons. The van der Waals surface area contributed by atoms with Gasteiger partial charge in [0.15, 0.2) is 5.58 Å². The van der Waals surface area contributed by atoms with Crippen LogP contribution in [0.25, 0.3) is 11.1 Å². The summed E-state index contributed by atoms with van der Waals surface area (Å²) in [6, 6.07) is 10.2. The maximum Gasteiger partial charge on any atom is 0.209 e. The Morgan fingerprint density at radius 1 is 1.26 bits per heavy atom. The summed E-state index contributed by atoms with van der Waals surface area (Å²) in [5.74, 6) is 0.819. The van der Waals surface area contributed by atoms with Gasteiger partial charge in [0.05, 0.1) is 6.54 Å². The monoisotopic (exact) mass is 270 g/mol. The number of para-hydroxylation sites is 2. The third kappa shape index (κ3) is 2.07. The van der Waals surface area contributed by atoms with Gasteiger partial charge >= 0.3 is 0 Å². The van der Waals surface area contributed by atoms with E-state index in [1.807, 2.05) is 35.6 Å². The minimum Gasteiger partial charge on any atom is -0.439 e. The highest BCUT2D eigenvalue weighted by atomic mass is 32.1. The van der Waals surface area contributed by atoms with Crippen molar-refractivity contribution in [1.82, 2.24) is 9.88 Å². The average molecular weight is 270 g/mol. The van der Waals surface area contributed by atoms with Crippen molar-refractivity contribution in [2.75, 3.05) is 6.54 Å². The van der Waals surface area contributed by atoms with Crippen LogP contribution in [0.15, 0.2) is 40.1 Å². The Morgan fingerprint density at radius 2 is 2.21 bits per heavy atom. The Labute approximate surface area is 115 Å². The topological polar surface area (TPSA) is 29.3 Å². The second-order valence-electron chi connectivity index (χ2n) is 4.90. The Bertz CT molecular complexity index is 683. The van der Waals surface area contributed by atoms with Crippen molar-refractivity contribution in [3.8, 4) is 0 Å². The van der Waals surface area contributed by atoms with Crippen molar-refractivity contribution >= 4 is 22.4 Å². The first-order valence-electron chi connectivity index (χ1n) is 6.50. The number of oxazole rings is 1. The molecule has 1 aliphatic rings. The van der Waals surface area contributed by atoms with Gasteiger partial charge in [-0.1, -0.05) is 12.1 Å². The van der Waals surface area contributed by atoms with Gasteiger partial charge in [0.2, 0.25) is 5.89 Å². The lowest BCUT2D eigenvalue weighted by Crippen LogP contribution is -2.29. The summed E-state index contributed by atoms with van der Waals surface area (Å²) in [6.07, 6.45) is 1.15. The quantitative estimate of drug-likeness (QED) is 0.714. The van der Waals surface area contributed by atoms with E-state index in [0.717, 1.165) is 43.0 Å². The molecule has 1 aromatic carbocycles. The molecule has 0 spiro atoms. The molecule has 0 bridgehead atoms. The van der Waals surface area contributed by atoms with Crippen LogP contribution in [-0.2, 0) is 19.5 Å².